The number of H-pyrrole nitrogens is 1. The fourth-order valence-corrected chi connectivity index (χ4v) is 4.53. The number of rotatable bonds is 1. The number of fused-ring (bicyclic) bond motifs is 3. The van der Waals surface area contributed by atoms with E-state index in [9.17, 15) is 14.0 Å². The van der Waals surface area contributed by atoms with Crippen molar-refractivity contribution in [1.82, 2.24) is 9.97 Å². The largest absolute Gasteiger partial charge is 0.370 e. The third-order valence-corrected chi connectivity index (χ3v) is 5.99. The van der Waals surface area contributed by atoms with Crippen LogP contribution in [0.1, 0.15) is 30.4 Å². The molecule has 0 aliphatic carbocycles. The van der Waals surface area contributed by atoms with Crippen molar-refractivity contribution in [2.75, 3.05) is 35.2 Å². The van der Waals surface area contributed by atoms with Crippen LogP contribution in [-0.2, 0) is 16.6 Å². The van der Waals surface area contributed by atoms with Gasteiger partial charge in [0.05, 0.1) is 11.0 Å². The number of benzene rings is 1. The van der Waals surface area contributed by atoms with Crippen molar-refractivity contribution in [3.63, 3.8) is 0 Å². The molecule has 7 nitrogen and oxygen atoms in total. The number of halogens is 1. The van der Waals surface area contributed by atoms with Gasteiger partial charge in [0, 0.05) is 30.9 Å². The smallest absolute Gasteiger partial charge is 0.257 e. The molecule has 1 amide bonds. The fraction of sp³-hybridized carbons (Fsp3) is 0.421. The number of amides is 1. The lowest BCUT2D eigenvalue weighted by Gasteiger charge is -2.38. The van der Waals surface area contributed by atoms with Crippen LogP contribution in [0.5, 0.6) is 0 Å². The Kier molecular flexibility index (Phi) is 3.50. The summed E-state index contributed by atoms with van der Waals surface area (Å²) < 4.78 is 14.5. The maximum atomic E-state index is 14.5. The van der Waals surface area contributed by atoms with E-state index in [-0.39, 0.29) is 17.3 Å². The number of aromatic amines is 1. The van der Waals surface area contributed by atoms with E-state index in [2.05, 4.69) is 20.6 Å². The van der Waals surface area contributed by atoms with Crippen LogP contribution in [0.25, 0.3) is 0 Å². The molecule has 0 unspecified atom stereocenters. The van der Waals surface area contributed by atoms with E-state index in [4.69, 9.17) is 0 Å². The molecule has 140 valence electrons. The van der Waals surface area contributed by atoms with Crippen molar-refractivity contribution in [3.8, 4) is 0 Å². The first-order valence-corrected chi connectivity index (χ1v) is 9.31. The summed E-state index contributed by atoms with van der Waals surface area (Å²) in [5.74, 6) is 0.671. The van der Waals surface area contributed by atoms with Gasteiger partial charge in [0.1, 0.15) is 11.6 Å². The van der Waals surface area contributed by atoms with Gasteiger partial charge in [0.25, 0.3) is 5.56 Å². The van der Waals surface area contributed by atoms with Gasteiger partial charge in [0.2, 0.25) is 11.9 Å². The van der Waals surface area contributed by atoms with Crippen LogP contribution in [0.3, 0.4) is 0 Å². The molecule has 2 aromatic rings. The average Bonchev–Trinajstić information content (AvgIpc) is 2.95. The van der Waals surface area contributed by atoms with Crippen LogP contribution in [0.15, 0.2) is 23.0 Å². The third kappa shape index (κ3) is 2.35. The van der Waals surface area contributed by atoms with Crippen LogP contribution in [0.4, 0.5) is 21.8 Å². The molecule has 0 radical (unpaired) electrons. The van der Waals surface area contributed by atoms with E-state index in [0.29, 0.717) is 54.5 Å². The zero-order valence-corrected chi connectivity index (χ0v) is 14.8. The first kappa shape index (κ1) is 16.3. The molecule has 3 aliphatic heterocycles. The number of piperidine rings is 1. The molecule has 3 N–H and O–H groups in total. The summed E-state index contributed by atoms with van der Waals surface area (Å²) in [7, 11) is 0. The van der Waals surface area contributed by atoms with Gasteiger partial charge in [-0.1, -0.05) is 6.07 Å². The number of anilines is 3. The number of carbonyl (C=O) groups is 1. The van der Waals surface area contributed by atoms with E-state index in [1.54, 1.807) is 12.1 Å². The lowest BCUT2D eigenvalue weighted by atomic mass is 9.73. The molecule has 3 aliphatic rings. The standard InChI is InChI=1S/C19H20FN5O2/c20-12-4-1-5-13-14(12)19(17(27)22-13)6-9-25(10-7-19)18-23-15-11(16(26)24-18)3-2-8-21-15/h1,4-5H,2-3,6-10H2,(H,22,27)(H2,21,23,24,26). The maximum Gasteiger partial charge on any atom is 0.257 e. The zero-order chi connectivity index (χ0) is 18.6. The predicted octanol–water partition coefficient (Wildman–Crippen LogP) is 1.76. The molecule has 5 rings (SSSR count). The second-order valence-electron chi connectivity index (χ2n) is 7.43. The van der Waals surface area contributed by atoms with Crippen molar-refractivity contribution in [3.05, 3.63) is 45.5 Å². The normalized spacial score (nSPS) is 20.0. The van der Waals surface area contributed by atoms with Gasteiger partial charge in [-0.2, -0.15) is 4.98 Å². The topological polar surface area (TPSA) is 90.1 Å². The highest BCUT2D eigenvalue weighted by Crippen LogP contribution is 2.46. The molecule has 1 aromatic heterocycles. The Hall–Kier alpha value is -2.90. The number of hydrogen-bond acceptors (Lipinski definition) is 5. The SMILES string of the molecule is O=C1Nc2cccc(F)c2C12CCN(c1nc3c(c(=O)[nH]1)CCCN3)CC2. The van der Waals surface area contributed by atoms with Crippen molar-refractivity contribution in [2.24, 2.45) is 0 Å². The zero-order valence-electron chi connectivity index (χ0n) is 14.8. The van der Waals surface area contributed by atoms with Gasteiger partial charge in [-0.05, 0) is 37.8 Å². The third-order valence-electron chi connectivity index (χ3n) is 5.99. The summed E-state index contributed by atoms with van der Waals surface area (Å²) in [5.41, 5.74) is 0.785. The molecule has 27 heavy (non-hydrogen) atoms. The van der Waals surface area contributed by atoms with Gasteiger partial charge < -0.3 is 15.5 Å². The summed E-state index contributed by atoms with van der Waals surface area (Å²) in [6.45, 7) is 1.84. The Morgan fingerprint density at radius 3 is 2.81 bits per heavy atom. The minimum Gasteiger partial charge on any atom is -0.370 e. The van der Waals surface area contributed by atoms with Crippen LogP contribution < -0.4 is 21.1 Å². The average molecular weight is 369 g/mol. The minimum absolute atomic E-state index is 0.113. The van der Waals surface area contributed by atoms with E-state index in [1.165, 1.54) is 6.07 Å². The second kappa shape index (κ2) is 5.80. The number of carbonyl (C=O) groups excluding carboxylic acids is 1. The van der Waals surface area contributed by atoms with Crippen LogP contribution >= 0.6 is 0 Å². The van der Waals surface area contributed by atoms with Crippen LogP contribution in [0.2, 0.25) is 0 Å². The lowest BCUT2D eigenvalue weighted by molar-refractivity contribution is -0.121. The van der Waals surface area contributed by atoms with Crippen molar-refractivity contribution < 1.29 is 9.18 Å². The van der Waals surface area contributed by atoms with Crippen LogP contribution in [0, 0.1) is 5.82 Å². The van der Waals surface area contributed by atoms with Crippen molar-refractivity contribution in [1.29, 1.82) is 0 Å². The number of nitrogens with zero attached hydrogens (tertiary/aromatic N) is 2. The van der Waals surface area contributed by atoms with Crippen molar-refractivity contribution >= 4 is 23.4 Å². The van der Waals surface area contributed by atoms with E-state index in [1.807, 2.05) is 4.90 Å². The van der Waals surface area contributed by atoms with Gasteiger partial charge in [-0.15, -0.1) is 0 Å². The number of nitrogens with one attached hydrogen (secondary N) is 3. The van der Waals surface area contributed by atoms with E-state index < -0.39 is 5.41 Å². The molecule has 1 aromatic carbocycles. The van der Waals surface area contributed by atoms with Gasteiger partial charge >= 0.3 is 0 Å². The Morgan fingerprint density at radius 2 is 2.00 bits per heavy atom. The fourth-order valence-electron chi connectivity index (χ4n) is 4.53. The monoisotopic (exact) mass is 369 g/mol. The molecular weight excluding hydrogens is 349 g/mol. The number of hydrogen-bond donors (Lipinski definition) is 3. The first-order chi connectivity index (χ1) is 13.1. The maximum absolute atomic E-state index is 14.5. The van der Waals surface area contributed by atoms with Crippen molar-refractivity contribution in [2.45, 2.75) is 31.1 Å². The Balaban J connectivity index is 1.44. The summed E-state index contributed by atoms with van der Waals surface area (Å²) in [5, 5.41) is 6.01. The summed E-state index contributed by atoms with van der Waals surface area (Å²) in [4.78, 5) is 34.4. The molecule has 8 heteroatoms. The number of aromatic nitrogens is 2. The molecule has 0 saturated carbocycles. The second-order valence-corrected chi connectivity index (χ2v) is 7.43. The predicted molar refractivity (Wildman–Crippen MR) is 99.8 cm³/mol. The lowest BCUT2D eigenvalue weighted by Crippen LogP contribution is -2.47. The van der Waals surface area contributed by atoms with Gasteiger partial charge in [-0.3, -0.25) is 14.6 Å². The Labute approximate surface area is 155 Å². The highest BCUT2D eigenvalue weighted by Gasteiger charge is 2.50. The minimum atomic E-state index is -0.843. The Bertz CT molecular complexity index is 994. The quantitative estimate of drug-likeness (QED) is 0.713. The highest BCUT2D eigenvalue weighted by molar-refractivity contribution is 6.06. The van der Waals surface area contributed by atoms with Crippen LogP contribution in [-0.4, -0.2) is 35.5 Å². The summed E-state index contributed by atoms with van der Waals surface area (Å²) >= 11 is 0. The molecule has 4 heterocycles. The van der Waals surface area contributed by atoms with Gasteiger partial charge in [0.15, 0.2) is 0 Å². The first-order valence-electron chi connectivity index (χ1n) is 9.31. The van der Waals surface area contributed by atoms with E-state index >= 15 is 0 Å². The summed E-state index contributed by atoms with van der Waals surface area (Å²) in [6.07, 6.45) is 2.59. The molecule has 1 fully saturated rings. The molecule has 0 atom stereocenters. The molecule has 0 bridgehead atoms. The Morgan fingerprint density at radius 1 is 1.19 bits per heavy atom. The molecule has 1 saturated heterocycles. The van der Waals surface area contributed by atoms with Gasteiger partial charge in [-0.25, -0.2) is 4.39 Å². The van der Waals surface area contributed by atoms with E-state index in [0.717, 1.165) is 19.4 Å². The highest BCUT2D eigenvalue weighted by atomic mass is 19.1. The molecule has 1 spiro atoms. The summed E-state index contributed by atoms with van der Waals surface area (Å²) in [6, 6.07) is 4.75. The molecular formula is C19H20FN5O2.